The molecule has 0 spiro atoms. The molecular formula is C126H81N11OS. The van der Waals surface area contributed by atoms with Gasteiger partial charge in [-0.05, 0) is 222 Å². The van der Waals surface area contributed by atoms with Crippen molar-refractivity contribution in [1.29, 1.82) is 0 Å². The molecule has 0 aliphatic rings. The van der Waals surface area contributed by atoms with Crippen molar-refractivity contribution >= 4 is 153 Å². The summed E-state index contributed by atoms with van der Waals surface area (Å²) in [7, 11) is 0. The molecule has 0 aliphatic heterocycles. The highest BCUT2D eigenvalue weighted by Crippen LogP contribution is 2.47. The number of furan rings is 1. The standard InChI is InChI=1S/C75H50N6S.C51H31N5O/c1-7-19-53(20-8-1)73-76-74(54-21-9-2-10-22-54)78-75(77-73)57-37-45-71-67(49-57)68-50-64(42-46-72(68)82-71)81-69-43-35-55(51-31-38-62(39-32-51)79(58-23-11-3-12-24-58)59-25-13-4-14-26-59)47-65(69)66-48-56(36-44-70(66)81)52-33-40-63(41-34-52)80(60-27-15-5-16-28-60)61-29-17-6-18-30-61;1-3-13-32(14-4-1)49-52-50(33-15-5-2-6-16-33)54-51(53-49)34-23-25-35(26-24-34)55-43-20-10-8-18-38(43)42-31-36(27-30-45(42)55)56-44-21-11-7-17-37(44)40-28-29-41-39-19-9-12-22-46(39)57-48(41)47(40)56/h1-50H;1-31H. The zero-order valence-corrected chi connectivity index (χ0v) is 75.8. The molecule has 12 nitrogen and oxygen atoms in total. The van der Waals surface area contributed by atoms with Crippen LogP contribution < -0.4 is 9.80 Å². The van der Waals surface area contributed by atoms with Crippen LogP contribution in [-0.2, 0) is 0 Å². The zero-order chi connectivity index (χ0) is 91.8. The maximum Gasteiger partial charge on any atom is 0.164 e. The van der Waals surface area contributed by atoms with E-state index in [1.807, 2.05) is 114 Å². The molecule has 0 saturated carbocycles. The Morgan fingerprint density at radius 2 is 0.468 bits per heavy atom. The average molecular weight is 1800 g/mol. The summed E-state index contributed by atoms with van der Waals surface area (Å²) in [5.74, 6) is 3.84. The van der Waals surface area contributed by atoms with Crippen molar-refractivity contribution in [3.8, 4) is 108 Å². The summed E-state index contributed by atoms with van der Waals surface area (Å²) in [4.78, 5) is 34.6. The summed E-state index contributed by atoms with van der Waals surface area (Å²) in [5, 5.41) is 11.7. The Hall–Kier alpha value is -18.6. The molecule has 139 heavy (non-hydrogen) atoms. The van der Waals surface area contributed by atoms with Crippen LogP contribution in [0.1, 0.15) is 0 Å². The van der Waals surface area contributed by atoms with Gasteiger partial charge in [-0.3, -0.25) is 0 Å². The zero-order valence-electron chi connectivity index (χ0n) is 75.0. The second-order valence-electron chi connectivity index (χ2n) is 34.9. The van der Waals surface area contributed by atoms with Crippen LogP contribution in [0.3, 0.4) is 0 Å². The summed E-state index contributed by atoms with van der Waals surface area (Å²) in [6.45, 7) is 0. The van der Waals surface area contributed by atoms with Crippen LogP contribution in [0.25, 0.3) is 215 Å². The lowest BCUT2D eigenvalue weighted by Crippen LogP contribution is -2.09. The number of aromatic nitrogens is 9. The van der Waals surface area contributed by atoms with Crippen LogP contribution in [0, 0.1) is 0 Å². The van der Waals surface area contributed by atoms with Gasteiger partial charge in [-0.2, -0.15) is 0 Å². The highest BCUT2D eigenvalue weighted by atomic mass is 32.1. The van der Waals surface area contributed by atoms with Crippen LogP contribution in [0.4, 0.5) is 34.1 Å². The maximum absolute atomic E-state index is 6.64. The Labute approximate surface area is 804 Å². The third-order valence-corrected chi connectivity index (χ3v) is 27.7. The van der Waals surface area contributed by atoms with E-state index in [0.29, 0.717) is 34.9 Å². The number of benzene rings is 20. The third kappa shape index (κ3) is 14.7. The molecule has 7 heterocycles. The molecule has 0 amide bonds. The van der Waals surface area contributed by atoms with Crippen molar-refractivity contribution in [2.75, 3.05) is 9.80 Å². The molecule has 0 bridgehead atoms. The summed E-state index contributed by atoms with van der Waals surface area (Å²) >= 11 is 1.81. The van der Waals surface area contributed by atoms with Gasteiger partial charge in [0.2, 0.25) is 0 Å². The van der Waals surface area contributed by atoms with Crippen molar-refractivity contribution in [3.05, 3.63) is 491 Å². The molecule has 0 radical (unpaired) electrons. The van der Waals surface area contributed by atoms with Gasteiger partial charge in [0.15, 0.2) is 40.5 Å². The monoisotopic (exact) mass is 1800 g/mol. The number of thiophene rings is 1. The minimum absolute atomic E-state index is 0.630. The lowest BCUT2D eigenvalue weighted by molar-refractivity contribution is 0.671. The van der Waals surface area contributed by atoms with Crippen LogP contribution in [0.5, 0.6) is 0 Å². The van der Waals surface area contributed by atoms with Gasteiger partial charge in [0, 0.05) is 148 Å². The molecule has 0 N–H and O–H groups in total. The lowest BCUT2D eigenvalue weighted by Gasteiger charge is -2.25. The van der Waals surface area contributed by atoms with E-state index < -0.39 is 0 Å². The summed E-state index contributed by atoms with van der Waals surface area (Å²) in [6.07, 6.45) is 0. The van der Waals surface area contributed by atoms with Crippen LogP contribution in [-0.4, -0.2) is 43.6 Å². The van der Waals surface area contributed by atoms with Crippen molar-refractivity contribution in [1.82, 2.24) is 43.6 Å². The third-order valence-electron chi connectivity index (χ3n) is 26.6. The Balaban J connectivity index is 0.000000153. The predicted molar refractivity (Wildman–Crippen MR) is 576 cm³/mol. The Morgan fingerprint density at radius 1 is 0.180 bits per heavy atom. The van der Waals surface area contributed by atoms with Crippen molar-refractivity contribution in [2.24, 2.45) is 0 Å². The minimum Gasteiger partial charge on any atom is -0.454 e. The van der Waals surface area contributed by atoms with Gasteiger partial charge in [-0.15, -0.1) is 11.3 Å². The molecule has 20 aromatic carbocycles. The molecule has 0 saturated heterocycles. The SMILES string of the molecule is c1ccc(-c2nc(-c3ccccc3)nc(-c3ccc(-n4c5ccccc5c5cc(-n6c7ccccc7c7ccc8c9ccccc9oc8c76)ccc54)cc3)n2)cc1.c1ccc(-c2nc(-c3ccccc3)nc(-c3ccc4sc5ccc(-n6c7ccc(-c8ccc(N(c9ccccc9)c9ccccc9)cc8)cc7c7cc(-c8ccc(N(c9ccccc9)c9ccccc9)cc8)ccc76)cc5c4c3)n2)cc1. The average Bonchev–Trinajstić information content (AvgIpc) is 1.55. The number of hydrogen-bond acceptors (Lipinski definition) is 10. The number of anilines is 6. The van der Waals surface area contributed by atoms with Gasteiger partial charge >= 0.3 is 0 Å². The Morgan fingerprint density at radius 3 is 0.935 bits per heavy atom. The maximum atomic E-state index is 6.64. The van der Waals surface area contributed by atoms with E-state index in [1.54, 1.807) is 0 Å². The molecule has 7 aromatic heterocycles. The van der Waals surface area contributed by atoms with Crippen LogP contribution in [0.15, 0.2) is 496 Å². The topological polar surface area (TPSA) is 112 Å². The van der Waals surface area contributed by atoms with Gasteiger partial charge in [0.05, 0.1) is 33.1 Å². The first-order valence-corrected chi connectivity index (χ1v) is 47.5. The Kier molecular flexibility index (Phi) is 20.1. The highest BCUT2D eigenvalue weighted by Gasteiger charge is 2.26. The number of hydrogen-bond donors (Lipinski definition) is 0. The van der Waals surface area contributed by atoms with Crippen molar-refractivity contribution in [2.45, 2.75) is 0 Å². The molecule has 0 fully saturated rings. The molecule has 0 atom stereocenters. The predicted octanol–water partition coefficient (Wildman–Crippen LogP) is 33.6. The molecular weight excluding hydrogens is 1720 g/mol. The molecule has 652 valence electrons. The van der Waals surface area contributed by atoms with Gasteiger partial charge in [-0.25, -0.2) is 29.9 Å². The van der Waals surface area contributed by atoms with E-state index in [-0.39, 0.29) is 0 Å². The second kappa shape index (κ2) is 34.5. The summed E-state index contributed by atoms with van der Waals surface area (Å²) < 4.78 is 16.2. The lowest BCUT2D eigenvalue weighted by atomic mass is 9.99. The number of nitrogens with zero attached hydrogens (tertiary/aromatic N) is 11. The number of fused-ring (bicyclic) bond motifs is 16. The summed E-state index contributed by atoms with van der Waals surface area (Å²) in [5.41, 5.74) is 28.6. The first-order valence-electron chi connectivity index (χ1n) is 46.7. The van der Waals surface area contributed by atoms with E-state index in [2.05, 4.69) is 412 Å². The normalized spacial score (nSPS) is 11.6. The quantitative estimate of drug-likeness (QED) is 0.0880. The molecule has 27 rings (SSSR count). The fraction of sp³-hybridized carbons (Fsp3) is 0. The van der Waals surface area contributed by atoms with E-state index in [4.69, 9.17) is 34.3 Å². The van der Waals surface area contributed by atoms with Gasteiger partial charge in [-0.1, -0.05) is 291 Å². The van der Waals surface area contributed by atoms with E-state index in [1.165, 1.54) is 47.1 Å². The number of rotatable bonds is 17. The molecule has 0 aliphatic carbocycles. The van der Waals surface area contributed by atoms with Crippen LogP contribution >= 0.6 is 11.3 Å². The van der Waals surface area contributed by atoms with E-state index in [0.717, 1.165) is 167 Å². The van der Waals surface area contributed by atoms with Gasteiger partial charge in [0.1, 0.15) is 5.58 Å². The van der Waals surface area contributed by atoms with E-state index in [9.17, 15) is 0 Å². The molecule has 27 aromatic rings. The fourth-order valence-electron chi connectivity index (χ4n) is 20.0. The smallest absolute Gasteiger partial charge is 0.164 e. The first kappa shape index (κ1) is 81.2. The molecule has 13 heteroatoms. The van der Waals surface area contributed by atoms with Gasteiger partial charge in [0.25, 0.3) is 0 Å². The largest absolute Gasteiger partial charge is 0.454 e. The Bertz CT molecular complexity index is 8970. The van der Waals surface area contributed by atoms with E-state index >= 15 is 0 Å². The highest BCUT2D eigenvalue weighted by molar-refractivity contribution is 7.25. The summed E-state index contributed by atoms with van der Waals surface area (Å²) in [6, 6.07) is 174. The van der Waals surface area contributed by atoms with Gasteiger partial charge < -0.3 is 27.9 Å². The number of para-hydroxylation sites is 7. The second-order valence-corrected chi connectivity index (χ2v) is 35.9. The van der Waals surface area contributed by atoms with Crippen molar-refractivity contribution in [3.63, 3.8) is 0 Å². The minimum atomic E-state index is 0.630. The first-order chi connectivity index (χ1) is 68.9. The van der Waals surface area contributed by atoms with Crippen LogP contribution in [0.2, 0.25) is 0 Å². The molecule has 0 unspecified atom stereocenters. The fourth-order valence-corrected chi connectivity index (χ4v) is 21.1. The van der Waals surface area contributed by atoms with Crippen molar-refractivity contribution < 1.29 is 4.42 Å².